The minimum atomic E-state index is -0.402. The Balaban J connectivity index is 0.00000338. The van der Waals surface area contributed by atoms with E-state index in [2.05, 4.69) is 198 Å². The summed E-state index contributed by atoms with van der Waals surface area (Å²) in [7, 11) is 0. The molecule has 241 valence electrons. The van der Waals surface area contributed by atoms with Crippen molar-refractivity contribution in [2.45, 2.75) is 5.41 Å². The van der Waals surface area contributed by atoms with Crippen LogP contribution in [0.4, 0.5) is 17.1 Å². The van der Waals surface area contributed by atoms with Gasteiger partial charge in [0.25, 0.3) is 0 Å². The quantitative estimate of drug-likeness (QED) is 0.161. The Morgan fingerprint density at radius 3 is 1.60 bits per heavy atom. The fourth-order valence-electron chi connectivity index (χ4n) is 9.14. The summed E-state index contributed by atoms with van der Waals surface area (Å²) >= 11 is 0. The molecule has 0 atom stereocenters. The molecule has 0 saturated carbocycles. The first-order valence-corrected chi connectivity index (χ1v) is 17.6. The summed E-state index contributed by atoms with van der Waals surface area (Å²) in [5, 5.41) is 2.39. The molecule has 0 bridgehead atoms. The van der Waals surface area contributed by atoms with E-state index in [-0.39, 0.29) is 41.3 Å². The van der Waals surface area contributed by atoms with Gasteiger partial charge in [0.1, 0.15) is 0 Å². The van der Waals surface area contributed by atoms with Crippen LogP contribution < -0.4 is 4.90 Å². The van der Waals surface area contributed by atoms with Crippen molar-refractivity contribution in [2.24, 2.45) is 0 Å². The summed E-state index contributed by atoms with van der Waals surface area (Å²) in [6, 6.07) is 72.2. The SMILES string of the molecule is [Pr].[c-]1ccc2c(c1)c1cc(N(c3ccccc3)c3ccc4c(c3)C3(c5ccccc5-c5ccccc53)c3ccccc3-4)ccc1n2-c1ccccc1. The van der Waals surface area contributed by atoms with Crippen molar-refractivity contribution in [1.29, 1.82) is 0 Å². The molecule has 1 heterocycles. The molecule has 0 unspecified atom stereocenters. The molecule has 8 aromatic carbocycles. The molecule has 0 N–H and O–H groups in total. The molecule has 9 aromatic rings. The van der Waals surface area contributed by atoms with Crippen LogP contribution in [0.3, 0.4) is 0 Å². The van der Waals surface area contributed by atoms with Crippen molar-refractivity contribution in [1.82, 2.24) is 4.57 Å². The number of hydrogen-bond acceptors (Lipinski definition) is 1. The summed E-state index contributed by atoms with van der Waals surface area (Å²) in [6.07, 6.45) is 0. The van der Waals surface area contributed by atoms with Gasteiger partial charge in [-0.1, -0.05) is 121 Å². The maximum absolute atomic E-state index is 3.36. The number of benzene rings is 8. The third kappa shape index (κ3) is 4.32. The molecule has 11 rings (SSSR count). The van der Waals surface area contributed by atoms with E-state index >= 15 is 0 Å². The molecule has 0 amide bonds. The average molecular weight is 789 g/mol. The Hall–Kier alpha value is -5.28. The van der Waals surface area contributed by atoms with E-state index in [4.69, 9.17) is 0 Å². The molecule has 2 aliphatic carbocycles. The monoisotopic (exact) mass is 788 g/mol. The van der Waals surface area contributed by atoms with Crippen LogP contribution >= 0.6 is 0 Å². The van der Waals surface area contributed by atoms with Crippen LogP contribution in [0, 0.1) is 47.4 Å². The molecule has 0 saturated heterocycles. The molecule has 1 radical (unpaired) electrons. The van der Waals surface area contributed by atoms with Gasteiger partial charge >= 0.3 is 0 Å². The molecule has 2 nitrogen and oxygen atoms in total. The summed E-state index contributed by atoms with van der Waals surface area (Å²) in [5.41, 5.74) is 17.1. The van der Waals surface area contributed by atoms with Crippen LogP contribution in [0.2, 0.25) is 0 Å². The van der Waals surface area contributed by atoms with E-state index in [1.807, 2.05) is 6.07 Å². The van der Waals surface area contributed by atoms with Gasteiger partial charge in [-0.05, 0) is 104 Å². The van der Waals surface area contributed by atoms with Gasteiger partial charge in [-0.25, -0.2) is 0 Å². The van der Waals surface area contributed by atoms with Crippen molar-refractivity contribution in [3.8, 4) is 27.9 Å². The zero-order chi connectivity index (χ0) is 33.5. The first kappa shape index (κ1) is 31.5. The number of para-hydroxylation sites is 2. The van der Waals surface area contributed by atoms with E-state index in [0.29, 0.717) is 0 Å². The predicted molar refractivity (Wildman–Crippen MR) is 211 cm³/mol. The molecule has 52 heavy (non-hydrogen) atoms. The Kier molecular flexibility index (Phi) is 7.36. The van der Waals surface area contributed by atoms with Gasteiger partial charge in [-0.15, -0.1) is 11.5 Å². The van der Waals surface area contributed by atoms with Crippen molar-refractivity contribution >= 4 is 38.9 Å². The Bertz CT molecular complexity index is 2750. The number of rotatable bonds is 4. The maximum Gasteiger partial charge on any atom is 0.0726 e. The van der Waals surface area contributed by atoms with E-state index in [0.717, 1.165) is 22.7 Å². The summed E-state index contributed by atoms with van der Waals surface area (Å²) in [4.78, 5) is 2.42. The van der Waals surface area contributed by atoms with Gasteiger partial charge in [0.15, 0.2) is 0 Å². The van der Waals surface area contributed by atoms with Crippen molar-refractivity contribution < 1.29 is 41.3 Å². The van der Waals surface area contributed by atoms with Crippen LogP contribution in [-0.4, -0.2) is 4.57 Å². The van der Waals surface area contributed by atoms with Crippen LogP contribution in [-0.2, 0) is 5.41 Å². The van der Waals surface area contributed by atoms with Crippen molar-refractivity contribution in [3.05, 3.63) is 216 Å². The van der Waals surface area contributed by atoms with E-state index in [9.17, 15) is 0 Å². The second-order valence-corrected chi connectivity index (χ2v) is 13.6. The molecular formula is C49H31N2Pr-. The van der Waals surface area contributed by atoms with Crippen LogP contribution in [0.1, 0.15) is 22.3 Å². The fraction of sp³-hybridized carbons (Fsp3) is 0.0204. The van der Waals surface area contributed by atoms with Crippen molar-refractivity contribution in [2.75, 3.05) is 4.90 Å². The van der Waals surface area contributed by atoms with Gasteiger partial charge in [-0.2, -0.15) is 18.2 Å². The van der Waals surface area contributed by atoms with Gasteiger partial charge in [0.2, 0.25) is 0 Å². The Labute approximate surface area is 336 Å². The number of nitrogens with zero attached hydrogens (tertiary/aromatic N) is 2. The normalized spacial score (nSPS) is 13.0. The molecule has 1 aromatic heterocycles. The van der Waals surface area contributed by atoms with E-state index in [1.165, 1.54) is 66.3 Å². The minimum absolute atomic E-state index is 0. The van der Waals surface area contributed by atoms with Crippen molar-refractivity contribution in [3.63, 3.8) is 0 Å². The number of hydrogen-bond donors (Lipinski definition) is 0. The van der Waals surface area contributed by atoms with E-state index < -0.39 is 5.41 Å². The number of aromatic nitrogens is 1. The summed E-state index contributed by atoms with van der Waals surface area (Å²) in [5.74, 6) is 0. The van der Waals surface area contributed by atoms with Gasteiger partial charge in [0.05, 0.1) is 5.41 Å². The predicted octanol–water partition coefficient (Wildman–Crippen LogP) is 12.4. The zero-order valence-electron chi connectivity index (χ0n) is 28.4. The molecule has 3 heteroatoms. The smallest absolute Gasteiger partial charge is 0.0726 e. The third-order valence-corrected chi connectivity index (χ3v) is 11.1. The minimum Gasteiger partial charge on any atom is -0.334 e. The molecule has 0 aliphatic heterocycles. The maximum atomic E-state index is 3.36. The molecule has 0 fully saturated rings. The number of fused-ring (bicyclic) bond motifs is 13. The number of anilines is 3. The standard InChI is InChI=1S/C49H31N2.Pr/c1-3-15-33(16-4-1)50(35-28-30-48-42(31-35)41-22-10-14-26-47(41)51(48)34-17-5-2-6-18-34)36-27-29-40-39-21-9-13-25-45(39)49(46(40)32-36)43-23-11-7-19-37(43)38-20-8-12-24-44(38)49;/h1-9,11-32H;/q-1;. The van der Waals surface area contributed by atoms with E-state index in [1.54, 1.807) is 0 Å². The van der Waals surface area contributed by atoms with Crippen LogP contribution in [0.5, 0.6) is 0 Å². The summed E-state index contributed by atoms with van der Waals surface area (Å²) in [6.45, 7) is 0. The van der Waals surface area contributed by atoms with Gasteiger partial charge < -0.3 is 9.47 Å². The Morgan fingerprint density at radius 2 is 0.942 bits per heavy atom. The first-order valence-electron chi connectivity index (χ1n) is 17.6. The second kappa shape index (κ2) is 12.2. The molecule has 1 spiro atoms. The van der Waals surface area contributed by atoms with Gasteiger partial charge in [-0.3, -0.25) is 0 Å². The molecule has 2 aliphatic rings. The fourth-order valence-corrected chi connectivity index (χ4v) is 9.14. The zero-order valence-corrected chi connectivity index (χ0v) is 32.1. The largest absolute Gasteiger partial charge is 0.334 e. The van der Waals surface area contributed by atoms with Crippen LogP contribution in [0.15, 0.2) is 188 Å². The molecular weight excluding hydrogens is 757 g/mol. The first-order chi connectivity index (χ1) is 25.3. The van der Waals surface area contributed by atoms with Crippen LogP contribution in [0.25, 0.3) is 49.7 Å². The Morgan fingerprint density at radius 1 is 0.423 bits per heavy atom. The van der Waals surface area contributed by atoms with Gasteiger partial charge in [0, 0.05) is 69.6 Å². The topological polar surface area (TPSA) is 8.17 Å². The second-order valence-electron chi connectivity index (χ2n) is 13.6. The average Bonchev–Trinajstić information content (AvgIpc) is 3.80. The summed E-state index contributed by atoms with van der Waals surface area (Å²) < 4.78 is 2.36. The third-order valence-electron chi connectivity index (χ3n) is 11.1.